The lowest BCUT2D eigenvalue weighted by molar-refractivity contribution is -0.135. The Hall–Kier alpha value is -1.29. The van der Waals surface area contributed by atoms with Crippen molar-refractivity contribution in [2.75, 3.05) is 0 Å². The van der Waals surface area contributed by atoms with Gasteiger partial charge in [-0.15, -0.1) is 11.8 Å². The maximum atomic E-state index is 11.4. The van der Waals surface area contributed by atoms with E-state index in [9.17, 15) is 9.59 Å². The van der Waals surface area contributed by atoms with Crippen LogP contribution in [0.25, 0.3) is 0 Å². The van der Waals surface area contributed by atoms with E-state index in [-0.39, 0.29) is 5.78 Å². The first kappa shape index (κ1) is 8.31. The van der Waals surface area contributed by atoms with Gasteiger partial charge in [-0.25, -0.2) is 0 Å². The molecule has 0 saturated carbocycles. The highest BCUT2D eigenvalue weighted by Gasteiger charge is 2.36. The van der Waals surface area contributed by atoms with Crippen molar-refractivity contribution in [3.63, 3.8) is 0 Å². The molecule has 0 spiro atoms. The minimum atomic E-state index is -1.06. The van der Waals surface area contributed by atoms with Crippen LogP contribution in [0.3, 0.4) is 0 Å². The molecule has 1 heterocycles. The lowest BCUT2D eigenvalue weighted by atomic mass is 10.1. The summed E-state index contributed by atoms with van der Waals surface area (Å²) < 4.78 is 0. The van der Waals surface area contributed by atoms with Crippen molar-refractivity contribution in [2.45, 2.75) is 10.1 Å². The van der Waals surface area contributed by atoms with E-state index in [2.05, 4.69) is 0 Å². The van der Waals surface area contributed by atoms with Crippen molar-refractivity contribution in [3.05, 3.63) is 29.8 Å². The van der Waals surface area contributed by atoms with E-state index in [1.54, 1.807) is 24.3 Å². The van der Waals surface area contributed by atoms with Crippen molar-refractivity contribution in [3.8, 4) is 0 Å². The summed E-state index contributed by atoms with van der Waals surface area (Å²) in [6.07, 6.45) is 0. The first-order valence-electron chi connectivity index (χ1n) is 3.73. The van der Waals surface area contributed by atoms with Crippen molar-refractivity contribution in [1.29, 1.82) is 0 Å². The predicted octanol–water partition coefficient (Wildman–Crippen LogP) is 1.43. The average Bonchev–Trinajstić information content (AvgIpc) is 2.45. The van der Waals surface area contributed by atoms with Gasteiger partial charge in [0.05, 0.1) is 0 Å². The van der Waals surface area contributed by atoms with Crippen LogP contribution < -0.4 is 0 Å². The molecule has 1 aromatic rings. The molecule has 4 heteroatoms. The second-order valence-electron chi connectivity index (χ2n) is 2.70. The molecule has 3 nitrogen and oxygen atoms in total. The topological polar surface area (TPSA) is 54.4 Å². The van der Waals surface area contributed by atoms with Crippen LogP contribution in [-0.2, 0) is 4.79 Å². The Kier molecular flexibility index (Phi) is 1.84. The molecule has 2 rings (SSSR count). The summed E-state index contributed by atoms with van der Waals surface area (Å²) in [4.78, 5) is 22.8. The number of carboxylic acids is 1. The number of hydrogen-bond donors (Lipinski definition) is 1. The maximum Gasteiger partial charge on any atom is 0.325 e. The van der Waals surface area contributed by atoms with Gasteiger partial charge in [0.1, 0.15) is 0 Å². The molecule has 0 radical (unpaired) electrons. The Morgan fingerprint density at radius 1 is 1.38 bits per heavy atom. The van der Waals surface area contributed by atoms with Crippen molar-refractivity contribution >= 4 is 23.5 Å². The zero-order valence-electron chi connectivity index (χ0n) is 6.56. The molecular formula is C9H6O3S. The summed E-state index contributed by atoms with van der Waals surface area (Å²) in [6, 6.07) is 6.96. The van der Waals surface area contributed by atoms with Crippen LogP contribution in [0.4, 0.5) is 0 Å². The fourth-order valence-corrected chi connectivity index (χ4v) is 2.30. The molecule has 1 N–H and O–H groups in total. The quantitative estimate of drug-likeness (QED) is 0.687. The van der Waals surface area contributed by atoms with E-state index in [1.165, 1.54) is 0 Å². The number of carboxylic acid groups (broad SMARTS) is 1. The molecule has 0 amide bonds. The molecular weight excluding hydrogens is 188 g/mol. The largest absolute Gasteiger partial charge is 0.480 e. The minimum Gasteiger partial charge on any atom is -0.480 e. The van der Waals surface area contributed by atoms with Crippen molar-refractivity contribution in [2.24, 2.45) is 0 Å². The first-order chi connectivity index (χ1) is 6.20. The van der Waals surface area contributed by atoms with Gasteiger partial charge in [-0.3, -0.25) is 9.59 Å². The number of carbonyl (C=O) groups is 2. The Balaban J connectivity index is 2.44. The molecule has 1 aromatic carbocycles. The summed E-state index contributed by atoms with van der Waals surface area (Å²) in [6.45, 7) is 0. The Labute approximate surface area is 78.8 Å². The van der Waals surface area contributed by atoms with Gasteiger partial charge in [0.15, 0.2) is 11.0 Å². The molecule has 0 saturated heterocycles. The standard InChI is InChI=1S/C9H6O3S/c10-7-5-3-1-2-4-6(5)13-8(7)9(11)12/h1-4,8H,(H,11,12). The third kappa shape index (κ3) is 1.23. The molecule has 1 aliphatic heterocycles. The second kappa shape index (κ2) is 2.88. The minimum absolute atomic E-state index is 0.298. The molecule has 0 aromatic heterocycles. The number of ketones is 1. The highest BCUT2D eigenvalue weighted by Crippen LogP contribution is 2.36. The van der Waals surface area contributed by atoms with Crippen LogP contribution in [-0.4, -0.2) is 22.1 Å². The van der Waals surface area contributed by atoms with Gasteiger partial charge in [0, 0.05) is 10.5 Å². The van der Waals surface area contributed by atoms with Crippen molar-refractivity contribution < 1.29 is 14.7 Å². The molecule has 66 valence electrons. The van der Waals surface area contributed by atoms with E-state index in [0.717, 1.165) is 16.7 Å². The third-order valence-corrected chi connectivity index (χ3v) is 3.12. The molecule has 1 aliphatic rings. The zero-order chi connectivity index (χ0) is 9.42. The summed E-state index contributed by atoms with van der Waals surface area (Å²) in [7, 11) is 0. The van der Waals surface area contributed by atoms with Gasteiger partial charge in [-0.1, -0.05) is 18.2 Å². The number of hydrogen-bond acceptors (Lipinski definition) is 3. The number of carbonyl (C=O) groups excluding carboxylic acids is 1. The van der Waals surface area contributed by atoms with Crippen LogP contribution in [0.1, 0.15) is 10.4 Å². The third-order valence-electron chi connectivity index (χ3n) is 1.86. The van der Waals surface area contributed by atoms with E-state index in [4.69, 9.17) is 5.11 Å². The van der Waals surface area contributed by atoms with Gasteiger partial charge in [0.25, 0.3) is 0 Å². The monoisotopic (exact) mass is 194 g/mol. The van der Waals surface area contributed by atoms with Crippen LogP contribution in [0.2, 0.25) is 0 Å². The SMILES string of the molecule is O=C(O)C1Sc2ccccc2C1=O. The Morgan fingerprint density at radius 3 is 2.69 bits per heavy atom. The van der Waals surface area contributed by atoms with Crippen LogP contribution in [0, 0.1) is 0 Å². The number of rotatable bonds is 1. The summed E-state index contributed by atoms with van der Waals surface area (Å²) >= 11 is 1.10. The van der Waals surface area contributed by atoms with E-state index in [0.29, 0.717) is 5.56 Å². The number of Topliss-reactive ketones (excluding diaryl/α,β-unsaturated/α-hetero) is 1. The molecule has 0 aliphatic carbocycles. The van der Waals surface area contributed by atoms with E-state index in [1.807, 2.05) is 0 Å². The van der Waals surface area contributed by atoms with Gasteiger partial charge in [-0.2, -0.15) is 0 Å². The first-order valence-corrected chi connectivity index (χ1v) is 4.61. The molecule has 0 fully saturated rings. The summed E-state index contributed by atoms with van der Waals surface area (Å²) in [5, 5.41) is 7.77. The highest BCUT2D eigenvalue weighted by atomic mass is 32.2. The molecule has 1 unspecified atom stereocenters. The Morgan fingerprint density at radius 2 is 2.08 bits per heavy atom. The molecule has 1 atom stereocenters. The smallest absolute Gasteiger partial charge is 0.325 e. The summed E-state index contributed by atoms with van der Waals surface area (Å²) in [5.41, 5.74) is 0.528. The van der Waals surface area contributed by atoms with Gasteiger partial charge in [0.2, 0.25) is 0 Å². The number of benzene rings is 1. The van der Waals surface area contributed by atoms with E-state index < -0.39 is 11.2 Å². The maximum absolute atomic E-state index is 11.4. The lowest BCUT2D eigenvalue weighted by Gasteiger charge is -1.97. The number of aliphatic carboxylic acids is 1. The van der Waals surface area contributed by atoms with Gasteiger partial charge >= 0.3 is 5.97 Å². The lowest BCUT2D eigenvalue weighted by Crippen LogP contribution is -2.22. The second-order valence-corrected chi connectivity index (χ2v) is 3.84. The van der Waals surface area contributed by atoms with E-state index >= 15 is 0 Å². The van der Waals surface area contributed by atoms with Crippen LogP contribution >= 0.6 is 11.8 Å². The van der Waals surface area contributed by atoms with Gasteiger partial charge < -0.3 is 5.11 Å². The fourth-order valence-electron chi connectivity index (χ4n) is 1.26. The zero-order valence-corrected chi connectivity index (χ0v) is 7.38. The van der Waals surface area contributed by atoms with Crippen LogP contribution in [0.15, 0.2) is 29.2 Å². The number of thioether (sulfide) groups is 1. The van der Waals surface area contributed by atoms with Gasteiger partial charge in [-0.05, 0) is 6.07 Å². The number of fused-ring (bicyclic) bond motifs is 1. The Bertz CT molecular complexity index is 386. The average molecular weight is 194 g/mol. The molecule has 0 bridgehead atoms. The van der Waals surface area contributed by atoms with Crippen molar-refractivity contribution in [1.82, 2.24) is 0 Å². The predicted molar refractivity (Wildman–Crippen MR) is 48.1 cm³/mol. The molecule has 13 heavy (non-hydrogen) atoms. The van der Waals surface area contributed by atoms with Crippen LogP contribution in [0.5, 0.6) is 0 Å². The highest BCUT2D eigenvalue weighted by molar-refractivity contribution is 8.02. The normalized spacial score (nSPS) is 20.0. The fraction of sp³-hybridized carbons (Fsp3) is 0.111. The summed E-state index contributed by atoms with van der Waals surface area (Å²) in [5.74, 6) is -1.36.